The molecule has 0 radical (unpaired) electrons. The predicted octanol–water partition coefficient (Wildman–Crippen LogP) is 3.07. The Bertz CT molecular complexity index is 1200. The maximum atomic E-state index is 11.6. The number of aliphatic hydroxyl groups excluding tert-OH is 2. The third kappa shape index (κ3) is 4.31. The third-order valence-corrected chi connectivity index (χ3v) is 6.79. The fraction of sp³-hybridized carbons (Fsp3) is 0.208. The van der Waals surface area contributed by atoms with E-state index in [4.69, 9.17) is 5.14 Å². The lowest BCUT2D eigenvalue weighted by Gasteiger charge is -2.24. The fourth-order valence-electron chi connectivity index (χ4n) is 4.07. The van der Waals surface area contributed by atoms with E-state index in [2.05, 4.69) is 4.98 Å². The largest absolute Gasteiger partial charge is 0.396 e. The summed E-state index contributed by atoms with van der Waals surface area (Å²) in [5.74, 6) is 0. The van der Waals surface area contributed by atoms with E-state index in [1.165, 1.54) is 12.1 Å². The summed E-state index contributed by atoms with van der Waals surface area (Å²) in [6, 6.07) is 20.2. The van der Waals surface area contributed by atoms with Crippen LogP contribution in [-0.2, 0) is 10.0 Å². The van der Waals surface area contributed by atoms with Gasteiger partial charge in [-0.15, -0.1) is 0 Å². The average molecular weight is 437 g/mol. The first kappa shape index (κ1) is 21.4. The van der Waals surface area contributed by atoms with E-state index in [0.717, 1.165) is 33.5 Å². The van der Waals surface area contributed by atoms with Crippen molar-refractivity contribution in [1.82, 2.24) is 4.98 Å². The van der Waals surface area contributed by atoms with E-state index in [0.29, 0.717) is 12.8 Å². The topological polar surface area (TPSA) is 114 Å². The molecule has 1 aliphatic rings. The van der Waals surface area contributed by atoms with E-state index in [9.17, 15) is 18.6 Å². The lowest BCUT2D eigenvalue weighted by Crippen LogP contribution is -2.27. The molecule has 31 heavy (non-hydrogen) atoms. The molecule has 0 fully saturated rings. The maximum Gasteiger partial charge on any atom is 0.238 e. The number of allylic oxidation sites excluding steroid dienone is 2. The van der Waals surface area contributed by atoms with Crippen LogP contribution in [0.2, 0.25) is 0 Å². The SMILES string of the molecule is NS(=O)(=O)c1ccc(C2=C(c3ccc(-c4ccccn4)cc3)CC(CO)(CO)C2)cc1. The van der Waals surface area contributed by atoms with Crippen LogP contribution in [0.3, 0.4) is 0 Å². The van der Waals surface area contributed by atoms with Gasteiger partial charge in [0.2, 0.25) is 10.0 Å². The van der Waals surface area contributed by atoms with Crippen molar-refractivity contribution in [2.24, 2.45) is 10.6 Å². The zero-order chi connectivity index (χ0) is 22.1. The van der Waals surface area contributed by atoms with Gasteiger partial charge in [-0.3, -0.25) is 4.98 Å². The van der Waals surface area contributed by atoms with Crippen LogP contribution < -0.4 is 5.14 Å². The molecular weight excluding hydrogens is 412 g/mol. The lowest BCUT2D eigenvalue weighted by atomic mass is 9.84. The Morgan fingerprint density at radius 1 is 0.806 bits per heavy atom. The minimum Gasteiger partial charge on any atom is -0.396 e. The summed E-state index contributed by atoms with van der Waals surface area (Å²) < 4.78 is 23.2. The molecule has 0 saturated carbocycles. The third-order valence-electron chi connectivity index (χ3n) is 5.86. The van der Waals surface area contributed by atoms with Gasteiger partial charge in [0.05, 0.1) is 23.8 Å². The minimum atomic E-state index is -3.77. The van der Waals surface area contributed by atoms with Crippen molar-refractivity contribution in [2.75, 3.05) is 13.2 Å². The molecule has 2 aromatic carbocycles. The lowest BCUT2D eigenvalue weighted by molar-refractivity contribution is 0.0677. The summed E-state index contributed by atoms with van der Waals surface area (Å²) in [5, 5.41) is 25.2. The van der Waals surface area contributed by atoms with Gasteiger partial charge in [-0.2, -0.15) is 0 Å². The highest BCUT2D eigenvalue weighted by atomic mass is 32.2. The van der Waals surface area contributed by atoms with E-state index in [1.54, 1.807) is 18.3 Å². The first-order valence-corrected chi connectivity index (χ1v) is 11.5. The molecule has 7 heteroatoms. The van der Waals surface area contributed by atoms with Gasteiger partial charge in [0.1, 0.15) is 0 Å². The highest BCUT2D eigenvalue weighted by molar-refractivity contribution is 7.89. The predicted molar refractivity (Wildman–Crippen MR) is 120 cm³/mol. The molecule has 4 rings (SSSR count). The van der Waals surface area contributed by atoms with Crippen LogP contribution in [0.15, 0.2) is 77.8 Å². The molecular formula is C24H24N2O4S. The number of hydrogen-bond donors (Lipinski definition) is 3. The van der Waals surface area contributed by atoms with E-state index < -0.39 is 15.4 Å². The average Bonchev–Trinajstić information content (AvgIpc) is 3.20. The molecule has 1 heterocycles. The normalized spacial score (nSPS) is 16.0. The monoisotopic (exact) mass is 436 g/mol. The van der Waals surface area contributed by atoms with E-state index in [-0.39, 0.29) is 18.1 Å². The van der Waals surface area contributed by atoms with Crippen molar-refractivity contribution in [2.45, 2.75) is 17.7 Å². The van der Waals surface area contributed by atoms with Crippen LogP contribution in [0.1, 0.15) is 24.0 Å². The molecule has 1 aliphatic carbocycles. The standard InChI is InChI=1S/C24H24N2O4S/c25-31(29,30)20-10-8-18(9-11-20)22-14-24(15-27,16-28)13-21(22)17-4-6-19(7-5-17)23-3-1-2-12-26-23/h1-12,27-28H,13-16H2,(H2,25,29,30). The molecule has 6 nitrogen and oxygen atoms in total. The number of hydrogen-bond acceptors (Lipinski definition) is 5. The van der Waals surface area contributed by atoms with Gasteiger partial charge in [-0.25, -0.2) is 13.6 Å². The number of sulfonamides is 1. The summed E-state index contributed by atoms with van der Waals surface area (Å²) in [5.41, 5.74) is 5.08. The first-order valence-electron chi connectivity index (χ1n) is 9.94. The smallest absolute Gasteiger partial charge is 0.238 e. The van der Waals surface area contributed by atoms with Crippen LogP contribution in [0.4, 0.5) is 0 Å². The highest BCUT2D eigenvalue weighted by Crippen LogP contribution is 2.49. The maximum absolute atomic E-state index is 11.6. The second kappa shape index (κ2) is 8.36. The van der Waals surface area contributed by atoms with Gasteiger partial charge in [-0.05, 0) is 59.4 Å². The second-order valence-corrected chi connectivity index (χ2v) is 9.55. The van der Waals surface area contributed by atoms with Crippen LogP contribution in [0, 0.1) is 5.41 Å². The van der Waals surface area contributed by atoms with Gasteiger partial charge in [-0.1, -0.05) is 42.5 Å². The van der Waals surface area contributed by atoms with Gasteiger partial charge in [0.25, 0.3) is 0 Å². The van der Waals surface area contributed by atoms with Crippen molar-refractivity contribution < 1.29 is 18.6 Å². The van der Waals surface area contributed by atoms with Crippen LogP contribution in [-0.4, -0.2) is 36.8 Å². The van der Waals surface area contributed by atoms with Crippen LogP contribution in [0.5, 0.6) is 0 Å². The Morgan fingerprint density at radius 3 is 1.77 bits per heavy atom. The Hall–Kier alpha value is -2.84. The molecule has 3 aromatic rings. The Kier molecular flexibility index (Phi) is 5.77. The second-order valence-electron chi connectivity index (χ2n) is 7.99. The van der Waals surface area contributed by atoms with E-state index in [1.807, 2.05) is 42.5 Å². The van der Waals surface area contributed by atoms with Gasteiger partial charge >= 0.3 is 0 Å². The van der Waals surface area contributed by atoms with Crippen molar-refractivity contribution in [1.29, 1.82) is 0 Å². The molecule has 0 amide bonds. The number of nitrogens with zero attached hydrogens (tertiary/aromatic N) is 1. The molecule has 0 spiro atoms. The van der Waals surface area contributed by atoms with Crippen LogP contribution >= 0.6 is 0 Å². The van der Waals surface area contributed by atoms with Gasteiger partial charge in [0.15, 0.2) is 0 Å². The molecule has 160 valence electrons. The van der Waals surface area contributed by atoms with Gasteiger partial charge < -0.3 is 10.2 Å². The summed E-state index contributed by atoms with van der Waals surface area (Å²) in [6.07, 6.45) is 2.77. The number of aromatic nitrogens is 1. The highest BCUT2D eigenvalue weighted by Gasteiger charge is 2.38. The molecule has 0 atom stereocenters. The number of primary sulfonamides is 1. The zero-order valence-electron chi connectivity index (χ0n) is 16.9. The Morgan fingerprint density at radius 2 is 1.32 bits per heavy atom. The summed E-state index contributed by atoms with van der Waals surface area (Å²) in [4.78, 5) is 4.43. The molecule has 0 saturated heterocycles. The molecule has 4 N–H and O–H groups in total. The number of pyridine rings is 1. The van der Waals surface area contributed by atoms with Crippen molar-refractivity contribution in [3.63, 3.8) is 0 Å². The minimum absolute atomic E-state index is 0.0479. The van der Waals surface area contributed by atoms with Crippen molar-refractivity contribution >= 4 is 21.2 Å². The Balaban J connectivity index is 1.75. The molecule has 0 bridgehead atoms. The van der Waals surface area contributed by atoms with Crippen LogP contribution in [0.25, 0.3) is 22.4 Å². The summed E-state index contributed by atoms with van der Waals surface area (Å²) in [7, 11) is -3.77. The van der Waals surface area contributed by atoms with Crippen molar-refractivity contribution in [3.05, 3.63) is 84.1 Å². The number of benzene rings is 2. The number of rotatable bonds is 6. The molecule has 0 aliphatic heterocycles. The summed E-state index contributed by atoms with van der Waals surface area (Å²) >= 11 is 0. The number of aliphatic hydroxyl groups is 2. The fourth-order valence-corrected chi connectivity index (χ4v) is 4.59. The summed E-state index contributed by atoms with van der Waals surface area (Å²) in [6.45, 7) is -0.282. The first-order chi connectivity index (χ1) is 14.8. The zero-order valence-corrected chi connectivity index (χ0v) is 17.7. The molecule has 1 aromatic heterocycles. The van der Waals surface area contributed by atoms with Crippen molar-refractivity contribution in [3.8, 4) is 11.3 Å². The quantitative estimate of drug-likeness (QED) is 0.550. The molecule has 0 unspecified atom stereocenters. The van der Waals surface area contributed by atoms with E-state index >= 15 is 0 Å². The van der Waals surface area contributed by atoms with Gasteiger partial charge in [0, 0.05) is 17.2 Å². The Labute approximate surface area is 181 Å². The number of nitrogens with two attached hydrogens (primary N) is 1.